The van der Waals surface area contributed by atoms with Gasteiger partial charge in [0.15, 0.2) is 0 Å². The minimum Gasteiger partial charge on any atom is -0.491 e. The molecule has 1 aromatic heterocycles. The van der Waals surface area contributed by atoms with Gasteiger partial charge in [-0.2, -0.15) is 0 Å². The molecule has 0 N–H and O–H groups in total. The number of imidazole rings is 1. The molecule has 2 fully saturated rings. The quantitative estimate of drug-likeness (QED) is 0.0378. The smallest absolute Gasteiger partial charge is 0.308 e. The average molecular weight is 944 g/mol. The van der Waals surface area contributed by atoms with Crippen LogP contribution in [-0.2, 0) is 45.7 Å². The second kappa shape index (κ2) is 31.2. The number of hydrogen-bond acceptors (Lipinski definition) is 10. The van der Waals surface area contributed by atoms with Crippen molar-refractivity contribution in [2.24, 2.45) is 0 Å². The van der Waals surface area contributed by atoms with Crippen molar-refractivity contribution >= 4 is 46.7 Å². The Morgan fingerprint density at radius 1 is 0.738 bits per heavy atom. The van der Waals surface area contributed by atoms with Crippen molar-refractivity contribution in [3.63, 3.8) is 0 Å². The summed E-state index contributed by atoms with van der Waals surface area (Å²) in [7, 11) is 0. The molecular weight excluding hydrogens is 867 g/mol. The van der Waals surface area contributed by atoms with E-state index in [4.69, 9.17) is 46.9 Å². The van der Waals surface area contributed by atoms with Crippen LogP contribution in [0.1, 0.15) is 155 Å². The summed E-state index contributed by atoms with van der Waals surface area (Å²) in [5, 5.41) is 1.02. The maximum Gasteiger partial charge on any atom is 0.308 e. The van der Waals surface area contributed by atoms with Gasteiger partial charge in [-0.05, 0) is 49.2 Å². The number of piperazine rings is 1. The molecule has 2 aliphatic heterocycles. The highest BCUT2D eigenvalue weighted by Gasteiger charge is 2.45. The summed E-state index contributed by atoms with van der Waals surface area (Å²) in [6, 6.07) is 13.3. The van der Waals surface area contributed by atoms with Gasteiger partial charge < -0.3 is 38.1 Å². The number of ether oxygens (including phenoxy) is 5. The summed E-state index contributed by atoms with van der Waals surface area (Å²) >= 11 is 12.7. The van der Waals surface area contributed by atoms with Crippen LogP contribution in [0, 0.1) is 0 Å². The summed E-state index contributed by atoms with van der Waals surface area (Å²) in [5.41, 5.74) is 1.82. The van der Waals surface area contributed by atoms with Gasteiger partial charge in [-0.1, -0.05) is 146 Å². The Bertz CT molecular complexity index is 1740. The molecule has 5 rings (SSSR count). The topological polar surface area (TPSA) is 122 Å². The van der Waals surface area contributed by atoms with Gasteiger partial charge in [0, 0.05) is 74.6 Å². The fraction of sp³-hybridized carbons (Fsp3) is 0.647. The number of hydrogen-bond donors (Lipinski definition) is 0. The van der Waals surface area contributed by atoms with E-state index >= 15 is 0 Å². The van der Waals surface area contributed by atoms with Gasteiger partial charge in [0.05, 0.1) is 24.5 Å². The van der Waals surface area contributed by atoms with Crippen LogP contribution in [0.4, 0.5) is 5.69 Å². The number of carbonyl (C=O) groups excluding carboxylic acids is 3. The number of esters is 2. The normalized spacial score (nSPS) is 17.1. The van der Waals surface area contributed by atoms with Crippen molar-refractivity contribution in [1.29, 1.82) is 0 Å². The Morgan fingerprint density at radius 2 is 1.29 bits per heavy atom. The first kappa shape index (κ1) is 53.8. The van der Waals surface area contributed by atoms with Crippen molar-refractivity contribution in [1.82, 2.24) is 14.5 Å². The van der Waals surface area contributed by atoms with E-state index in [1.54, 1.807) is 31.6 Å². The molecule has 1 amide bonds. The van der Waals surface area contributed by atoms with Crippen LogP contribution in [0.15, 0.2) is 61.2 Å². The number of anilines is 1. The van der Waals surface area contributed by atoms with Crippen molar-refractivity contribution < 1.29 is 38.1 Å². The summed E-state index contributed by atoms with van der Waals surface area (Å²) in [6.07, 6.45) is 27.8. The van der Waals surface area contributed by atoms with Gasteiger partial charge in [0.2, 0.25) is 18.5 Å². The number of carbonyl (C=O) groups is 3. The van der Waals surface area contributed by atoms with E-state index in [-0.39, 0.29) is 30.7 Å². The highest BCUT2D eigenvalue weighted by Crippen LogP contribution is 2.40. The van der Waals surface area contributed by atoms with Crippen LogP contribution in [-0.4, -0.2) is 84.6 Å². The molecule has 0 radical (unpaired) electrons. The summed E-state index contributed by atoms with van der Waals surface area (Å²) in [4.78, 5) is 43.1. The van der Waals surface area contributed by atoms with E-state index in [1.165, 1.54) is 89.9 Å². The third-order valence-electron chi connectivity index (χ3n) is 11.9. The van der Waals surface area contributed by atoms with E-state index < -0.39 is 5.79 Å². The predicted molar refractivity (Wildman–Crippen MR) is 258 cm³/mol. The zero-order valence-electron chi connectivity index (χ0n) is 39.5. The summed E-state index contributed by atoms with van der Waals surface area (Å²) in [5.74, 6) is -0.722. The third kappa shape index (κ3) is 20.7. The standard InChI is InChI=1S/C26H28Cl2N4O4.C25H48O4/c1-19(33)31-10-12-32(13-11-31)21-3-5-22(6-4-21)34-15-23-16-35-26(36-23,17-30-9-8-29-18-30)24-7-2-20(27)14-25(24)28;1-3-5-7-9-11-13-15-17-19-21-24(26)28-23-29-25(27)22-20-18-16-14-12-10-8-6-4-2/h2-9,14,18,23H,10-13,15-17H2,1H3;3-23H2,1-2H3/t23-,26-;/m0./s1. The fourth-order valence-electron chi connectivity index (χ4n) is 8.06. The van der Waals surface area contributed by atoms with Gasteiger partial charge in [-0.3, -0.25) is 14.4 Å². The van der Waals surface area contributed by atoms with Gasteiger partial charge >= 0.3 is 11.9 Å². The molecule has 12 nitrogen and oxygen atoms in total. The van der Waals surface area contributed by atoms with Crippen LogP contribution in [0.25, 0.3) is 0 Å². The zero-order chi connectivity index (χ0) is 46.5. The largest absolute Gasteiger partial charge is 0.491 e. The lowest BCUT2D eigenvalue weighted by Crippen LogP contribution is -2.48. The lowest BCUT2D eigenvalue weighted by atomic mass is 10.1. The molecule has 0 spiro atoms. The molecule has 3 aromatic rings. The second-order valence-corrected chi connectivity index (χ2v) is 18.1. The second-order valence-electron chi connectivity index (χ2n) is 17.3. The first-order chi connectivity index (χ1) is 31.6. The van der Waals surface area contributed by atoms with Gasteiger partial charge in [-0.15, -0.1) is 0 Å². The molecular formula is C51H76Cl2N4O8. The first-order valence-corrected chi connectivity index (χ1v) is 25.2. The minimum atomic E-state index is -1.08. The Morgan fingerprint density at radius 3 is 1.80 bits per heavy atom. The van der Waals surface area contributed by atoms with Gasteiger partial charge in [0.1, 0.15) is 18.5 Å². The van der Waals surface area contributed by atoms with E-state index in [9.17, 15) is 14.4 Å². The maximum absolute atomic E-state index is 11.6. The van der Waals surface area contributed by atoms with Gasteiger partial charge in [0.25, 0.3) is 0 Å². The van der Waals surface area contributed by atoms with Crippen LogP contribution in [0.3, 0.4) is 0 Å². The van der Waals surface area contributed by atoms with Crippen LogP contribution < -0.4 is 9.64 Å². The Balaban J connectivity index is 0.000000293. The fourth-order valence-corrected chi connectivity index (χ4v) is 8.61. The number of unbranched alkanes of at least 4 members (excludes halogenated alkanes) is 16. The maximum atomic E-state index is 11.6. The monoisotopic (exact) mass is 943 g/mol. The van der Waals surface area contributed by atoms with Crippen molar-refractivity contribution in [3.8, 4) is 5.75 Å². The summed E-state index contributed by atoms with van der Waals surface area (Å²) in [6.45, 7) is 10.0. The summed E-state index contributed by atoms with van der Waals surface area (Å²) < 4.78 is 30.6. The number of benzene rings is 2. The lowest BCUT2D eigenvalue weighted by molar-refractivity contribution is -0.189. The molecule has 2 aromatic carbocycles. The SMILES string of the molecule is CC(=O)N1CCN(c2ccc(OC[C@H]3CO[C@](Cn4ccnc4)(c4ccc(Cl)cc4Cl)O3)cc2)CC1.CCCCCCCCCCCC(=O)OCOC(=O)CCCCCCCCCCC. The van der Waals surface area contributed by atoms with Crippen molar-refractivity contribution in [2.45, 2.75) is 168 Å². The molecule has 362 valence electrons. The molecule has 0 aliphatic carbocycles. The molecule has 2 aliphatic rings. The van der Waals surface area contributed by atoms with Gasteiger partial charge in [-0.25, -0.2) is 4.98 Å². The number of rotatable bonds is 29. The Hall–Kier alpha value is -3.84. The van der Waals surface area contributed by atoms with E-state index in [2.05, 4.69) is 23.7 Å². The minimum absolute atomic E-state index is 0.129. The third-order valence-corrected chi connectivity index (χ3v) is 12.5. The van der Waals surface area contributed by atoms with Crippen LogP contribution in [0.5, 0.6) is 5.75 Å². The van der Waals surface area contributed by atoms with Crippen LogP contribution in [0.2, 0.25) is 10.0 Å². The first-order valence-electron chi connectivity index (χ1n) is 24.4. The van der Waals surface area contributed by atoms with E-state index in [0.717, 1.165) is 63.3 Å². The molecule has 65 heavy (non-hydrogen) atoms. The Labute approximate surface area is 398 Å². The number of amides is 1. The number of halogens is 2. The predicted octanol–water partition coefficient (Wildman–Crippen LogP) is 12.1. The molecule has 2 atom stereocenters. The highest BCUT2D eigenvalue weighted by atomic mass is 35.5. The van der Waals surface area contributed by atoms with E-state index in [0.29, 0.717) is 48.2 Å². The lowest BCUT2D eigenvalue weighted by Gasteiger charge is -2.35. The highest BCUT2D eigenvalue weighted by molar-refractivity contribution is 6.35. The Kier molecular flexibility index (Phi) is 25.8. The molecule has 14 heteroatoms. The molecule has 0 bridgehead atoms. The molecule has 0 saturated carbocycles. The number of nitrogens with zero attached hydrogens (tertiary/aromatic N) is 4. The van der Waals surface area contributed by atoms with Crippen LogP contribution >= 0.6 is 23.2 Å². The van der Waals surface area contributed by atoms with Crippen molar-refractivity contribution in [2.75, 3.05) is 51.1 Å². The van der Waals surface area contributed by atoms with Crippen molar-refractivity contribution in [3.05, 3.63) is 76.8 Å². The number of aromatic nitrogens is 2. The van der Waals surface area contributed by atoms with E-state index in [1.807, 2.05) is 46.0 Å². The molecule has 3 heterocycles. The molecule has 2 saturated heterocycles. The molecule has 0 unspecified atom stereocenters. The average Bonchev–Trinajstić information content (AvgIpc) is 3.98. The zero-order valence-corrected chi connectivity index (χ0v) is 41.0.